The lowest BCUT2D eigenvalue weighted by molar-refractivity contribution is 0.0697. The largest absolute Gasteiger partial charge is 0.478 e. The monoisotopic (exact) mass is 322 g/mol. The van der Waals surface area contributed by atoms with E-state index in [1.54, 1.807) is 4.68 Å². The van der Waals surface area contributed by atoms with Crippen LogP contribution in [0, 0.1) is 17.2 Å². The predicted molar refractivity (Wildman–Crippen MR) is 90.2 cm³/mol. The summed E-state index contributed by atoms with van der Waals surface area (Å²) in [6, 6.07) is 8.08. The van der Waals surface area contributed by atoms with Crippen molar-refractivity contribution in [1.82, 2.24) is 14.8 Å². The second-order valence-corrected chi connectivity index (χ2v) is 6.17. The summed E-state index contributed by atoms with van der Waals surface area (Å²) in [5.41, 5.74) is 3.03. The van der Waals surface area contributed by atoms with Crippen LogP contribution in [0.2, 0.25) is 0 Å². The Labute approximate surface area is 139 Å². The Morgan fingerprint density at radius 2 is 2.25 bits per heavy atom. The van der Waals surface area contributed by atoms with Crippen LogP contribution in [-0.4, -0.2) is 25.8 Å². The third-order valence-electron chi connectivity index (χ3n) is 4.31. The van der Waals surface area contributed by atoms with E-state index in [9.17, 15) is 4.79 Å². The highest BCUT2D eigenvalue weighted by atomic mass is 16.4. The third-order valence-corrected chi connectivity index (χ3v) is 4.31. The number of nitriles is 1. The Bertz CT molecular complexity index is 930. The number of carboxylic acids is 1. The zero-order chi connectivity index (χ0) is 17.3. The molecule has 0 aliphatic heterocycles. The number of aromatic amines is 1. The van der Waals surface area contributed by atoms with Crippen LogP contribution >= 0.6 is 0 Å². The van der Waals surface area contributed by atoms with Crippen LogP contribution in [0.1, 0.15) is 42.1 Å². The van der Waals surface area contributed by atoms with Gasteiger partial charge in [0, 0.05) is 35.6 Å². The van der Waals surface area contributed by atoms with E-state index < -0.39 is 5.97 Å². The van der Waals surface area contributed by atoms with Crippen molar-refractivity contribution in [3.8, 4) is 11.8 Å². The minimum Gasteiger partial charge on any atom is -0.478 e. The van der Waals surface area contributed by atoms with Crippen molar-refractivity contribution < 1.29 is 9.90 Å². The summed E-state index contributed by atoms with van der Waals surface area (Å²) >= 11 is 0. The molecule has 24 heavy (non-hydrogen) atoms. The molecule has 0 bridgehead atoms. The van der Waals surface area contributed by atoms with E-state index in [-0.39, 0.29) is 11.5 Å². The fourth-order valence-corrected chi connectivity index (χ4v) is 2.96. The van der Waals surface area contributed by atoms with Gasteiger partial charge < -0.3 is 10.1 Å². The molecule has 0 fully saturated rings. The van der Waals surface area contributed by atoms with Gasteiger partial charge >= 0.3 is 5.97 Å². The Morgan fingerprint density at radius 1 is 1.46 bits per heavy atom. The number of nitrogens with one attached hydrogen (secondary N) is 1. The summed E-state index contributed by atoms with van der Waals surface area (Å²) in [4.78, 5) is 14.3. The molecule has 0 radical (unpaired) electrons. The average molecular weight is 322 g/mol. The van der Waals surface area contributed by atoms with Crippen molar-refractivity contribution in [2.45, 2.75) is 26.2 Å². The number of carbonyl (C=O) groups is 1. The lowest BCUT2D eigenvalue weighted by Crippen LogP contribution is -2.05. The molecule has 6 heteroatoms. The van der Waals surface area contributed by atoms with Gasteiger partial charge in [-0.2, -0.15) is 10.4 Å². The normalized spacial score (nSPS) is 12.4. The maximum absolute atomic E-state index is 11.0. The fraction of sp³-hybridized carbons (Fsp3) is 0.278. The smallest absolute Gasteiger partial charge is 0.338 e. The van der Waals surface area contributed by atoms with Gasteiger partial charge in [0.2, 0.25) is 0 Å². The van der Waals surface area contributed by atoms with E-state index in [1.807, 2.05) is 24.4 Å². The first-order valence-corrected chi connectivity index (χ1v) is 7.77. The number of aromatic carboxylic acids is 1. The van der Waals surface area contributed by atoms with E-state index in [1.165, 1.54) is 12.4 Å². The van der Waals surface area contributed by atoms with Crippen LogP contribution in [0.25, 0.3) is 16.6 Å². The molecule has 0 spiro atoms. The molecule has 122 valence electrons. The molecule has 6 nitrogen and oxygen atoms in total. The number of benzene rings is 1. The van der Waals surface area contributed by atoms with Crippen molar-refractivity contribution in [3.05, 3.63) is 47.9 Å². The molecule has 3 rings (SSSR count). The first-order chi connectivity index (χ1) is 11.5. The predicted octanol–water partition coefficient (Wildman–Crippen LogP) is 3.71. The lowest BCUT2D eigenvalue weighted by atomic mass is 9.86. The summed E-state index contributed by atoms with van der Waals surface area (Å²) in [6.45, 7) is 4.22. The molecule has 1 aromatic carbocycles. The number of nitrogens with zero attached hydrogens (tertiary/aromatic N) is 3. The number of hydrogen-bond donors (Lipinski definition) is 2. The maximum atomic E-state index is 11.0. The van der Waals surface area contributed by atoms with Crippen LogP contribution in [0.4, 0.5) is 0 Å². The van der Waals surface area contributed by atoms with Gasteiger partial charge in [0.15, 0.2) is 0 Å². The van der Waals surface area contributed by atoms with Crippen LogP contribution in [0.3, 0.4) is 0 Å². The molecule has 3 aromatic rings. The molecular formula is C18H18N4O2. The van der Waals surface area contributed by atoms with Gasteiger partial charge in [-0.15, -0.1) is 0 Å². The maximum Gasteiger partial charge on any atom is 0.338 e. The minimum atomic E-state index is -1.00. The number of hydrogen-bond acceptors (Lipinski definition) is 3. The van der Waals surface area contributed by atoms with E-state index in [4.69, 9.17) is 10.4 Å². The summed E-state index contributed by atoms with van der Waals surface area (Å²) in [5.74, 6) is -0.514. The number of aromatic nitrogens is 3. The molecule has 2 N–H and O–H groups in total. The molecule has 0 aliphatic carbocycles. The van der Waals surface area contributed by atoms with Crippen molar-refractivity contribution in [2.24, 2.45) is 5.92 Å². The highest BCUT2D eigenvalue weighted by molar-refractivity contribution is 5.88. The van der Waals surface area contributed by atoms with Crippen molar-refractivity contribution >= 4 is 16.9 Å². The summed E-state index contributed by atoms with van der Waals surface area (Å²) in [5, 5.41) is 23.3. The van der Waals surface area contributed by atoms with Crippen LogP contribution < -0.4 is 0 Å². The van der Waals surface area contributed by atoms with E-state index in [2.05, 4.69) is 30.0 Å². The molecule has 0 aliphatic rings. The Balaban J connectivity index is 2.08. The molecular weight excluding hydrogens is 304 g/mol. The molecule has 0 amide bonds. The summed E-state index contributed by atoms with van der Waals surface area (Å²) in [6.07, 6.45) is 5.24. The number of fused-ring (bicyclic) bond motifs is 1. The minimum absolute atomic E-state index is 0.145. The second-order valence-electron chi connectivity index (χ2n) is 6.17. The Morgan fingerprint density at radius 3 is 2.88 bits per heavy atom. The Kier molecular flexibility index (Phi) is 4.09. The number of carboxylic acid groups (broad SMARTS) is 1. The standard InChI is InChI=1S/C18H18N4O2/c1-11(2)14(5-6-19)16-9-20-17-4-3-13(7-15(16)17)22-10-12(8-21-22)18(23)24/h3-4,7-11,14,20H,5H2,1-2H3,(H,23,24). The van der Waals surface area contributed by atoms with Crippen molar-refractivity contribution in [2.75, 3.05) is 0 Å². The zero-order valence-electron chi connectivity index (χ0n) is 13.5. The Hall–Kier alpha value is -3.07. The lowest BCUT2D eigenvalue weighted by Gasteiger charge is -2.17. The van der Waals surface area contributed by atoms with Gasteiger partial charge in [-0.25, -0.2) is 9.48 Å². The van der Waals surface area contributed by atoms with Crippen LogP contribution in [0.5, 0.6) is 0 Å². The van der Waals surface area contributed by atoms with E-state index in [0.717, 1.165) is 22.2 Å². The topological polar surface area (TPSA) is 94.7 Å². The molecule has 0 saturated heterocycles. The number of rotatable bonds is 5. The summed E-state index contributed by atoms with van der Waals surface area (Å²) in [7, 11) is 0. The average Bonchev–Trinajstić information content (AvgIpc) is 3.19. The van der Waals surface area contributed by atoms with Gasteiger partial charge in [-0.1, -0.05) is 13.8 Å². The molecule has 1 unspecified atom stereocenters. The van der Waals surface area contributed by atoms with E-state index in [0.29, 0.717) is 12.3 Å². The van der Waals surface area contributed by atoms with Gasteiger partial charge in [0.25, 0.3) is 0 Å². The summed E-state index contributed by atoms with van der Waals surface area (Å²) < 4.78 is 1.55. The highest BCUT2D eigenvalue weighted by Gasteiger charge is 2.19. The second kappa shape index (κ2) is 6.20. The first-order valence-electron chi connectivity index (χ1n) is 7.77. The van der Waals surface area contributed by atoms with Crippen molar-refractivity contribution in [3.63, 3.8) is 0 Å². The van der Waals surface area contributed by atoms with E-state index >= 15 is 0 Å². The number of H-pyrrole nitrogens is 1. The van der Waals surface area contributed by atoms with Crippen LogP contribution in [0.15, 0.2) is 36.8 Å². The van der Waals surface area contributed by atoms with Gasteiger partial charge in [0.1, 0.15) is 0 Å². The molecule has 2 heterocycles. The third kappa shape index (κ3) is 2.76. The SMILES string of the molecule is CC(C)C(CC#N)c1c[nH]c2ccc(-n3cc(C(=O)O)cn3)cc12. The quantitative estimate of drug-likeness (QED) is 0.748. The van der Waals surface area contributed by atoms with Gasteiger partial charge in [-0.3, -0.25) is 0 Å². The van der Waals surface area contributed by atoms with Gasteiger partial charge in [0.05, 0.1) is 23.5 Å². The van der Waals surface area contributed by atoms with Crippen molar-refractivity contribution in [1.29, 1.82) is 5.26 Å². The first kappa shape index (κ1) is 15.8. The highest BCUT2D eigenvalue weighted by Crippen LogP contribution is 2.34. The van der Waals surface area contributed by atoms with Crippen LogP contribution in [-0.2, 0) is 0 Å². The fourth-order valence-electron chi connectivity index (χ4n) is 2.96. The molecule has 1 atom stereocenters. The van der Waals surface area contributed by atoms with Gasteiger partial charge in [-0.05, 0) is 29.7 Å². The molecule has 2 aromatic heterocycles. The zero-order valence-corrected chi connectivity index (χ0v) is 13.5. The molecule has 0 saturated carbocycles.